The van der Waals surface area contributed by atoms with E-state index in [1.807, 2.05) is 5.43 Å². The zero-order valence-corrected chi connectivity index (χ0v) is 10.3. The van der Waals surface area contributed by atoms with E-state index in [2.05, 4.69) is 15.6 Å². The van der Waals surface area contributed by atoms with Gasteiger partial charge in [-0.15, -0.1) is 0 Å². The number of hydrogen-bond acceptors (Lipinski definition) is 3. The van der Waals surface area contributed by atoms with Crippen LogP contribution in [0.3, 0.4) is 0 Å². The summed E-state index contributed by atoms with van der Waals surface area (Å²) >= 11 is 0. The highest BCUT2D eigenvalue weighted by molar-refractivity contribution is 5.98. The van der Waals surface area contributed by atoms with Crippen LogP contribution in [0.25, 0.3) is 0 Å². The van der Waals surface area contributed by atoms with Gasteiger partial charge in [0.25, 0.3) is 11.8 Å². The van der Waals surface area contributed by atoms with Crippen molar-refractivity contribution < 1.29 is 18.4 Å². The SMILES string of the molecule is Cc1cc(C(=O)NNC(=O)c2cc(F)cc(F)c2)n[nH]1. The minimum Gasteiger partial charge on any atom is -0.282 e. The average Bonchev–Trinajstić information content (AvgIpc) is 2.81. The number of nitrogens with zero attached hydrogens (tertiary/aromatic N) is 1. The number of nitrogens with one attached hydrogen (secondary N) is 3. The number of carbonyl (C=O) groups is 2. The van der Waals surface area contributed by atoms with Crippen molar-refractivity contribution in [3.05, 3.63) is 52.9 Å². The second-order valence-electron chi connectivity index (χ2n) is 4.00. The summed E-state index contributed by atoms with van der Waals surface area (Å²) in [7, 11) is 0. The number of rotatable bonds is 2. The Morgan fingerprint density at radius 3 is 2.20 bits per heavy atom. The Hall–Kier alpha value is -2.77. The molecule has 0 aliphatic carbocycles. The van der Waals surface area contributed by atoms with Crippen molar-refractivity contribution in [2.45, 2.75) is 6.92 Å². The van der Waals surface area contributed by atoms with E-state index in [1.165, 1.54) is 6.07 Å². The van der Waals surface area contributed by atoms with E-state index in [0.717, 1.165) is 12.1 Å². The van der Waals surface area contributed by atoms with Gasteiger partial charge >= 0.3 is 0 Å². The van der Waals surface area contributed by atoms with Gasteiger partial charge in [-0.05, 0) is 25.1 Å². The molecular formula is C12H10F2N4O2. The Morgan fingerprint density at radius 1 is 1.05 bits per heavy atom. The molecule has 104 valence electrons. The number of benzene rings is 1. The van der Waals surface area contributed by atoms with Crippen molar-refractivity contribution in [1.82, 2.24) is 21.0 Å². The fourth-order valence-electron chi connectivity index (χ4n) is 1.47. The van der Waals surface area contributed by atoms with Crippen molar-refractivity contribution >= 4 is 11.8 Å². The van der Waals surface area contributed by atoms with Crippen LogP contribution < -0.4 is 10.9 Å². The topological polar surface area (TPSA) is 86.9 Å². The molecule has 0 saturated heterocycles. The highest BCUT2D eigenvalue weighted by Crippen LogP contribution is 2.07. The number of halogens is 2. The van der Waals surface area contributed by atoms with Crippen molar-refractivity contribution in [3.8, 4) is 0 Å². The lowest BCUT2D eigenvalue weighted by molar-refractivity contribution is 0.0843. The normalized spacial score (nSPS) is 10.2. The first kappa shape index (κ1) is 13.7. The third-order valence-corrected chi connectivity index (χ3v) is 2.35. The fourth-order valence-corrected chi connectivity index (χ4v) is 1.47. The molecular weight excluding hydrogens is 270 g/mol. The molecule has 6 nitrogen and oxygen atoms in total. The van der Waals surface area contributed by atoms with Crippen LogP contribution in [0.15, 0.2) is 24.3 Å². The molecule has 0 spiro atoms. The van der Waals surface area contributed by atoms with Gasteiger partial charge in [0.2, 0.25) is 0 Å². The lowest BCUT2D eigenvalue weighted by Gasteiger charge is -2.06. The maximum Gasteiger partial charge on any atom is 0.290 e. The largest absolute Gasteiger partial charge is 0.290 e. The third kappa shape index (κ3) is 3.16. The monoisotopic (exact) mass is 280 g/mol. The first-order valence-corrected chi connectivity index (χ1v) is 5.54. The molecule has 20 heavy (non-hydrogen) atoms. The minimum atomic E-state index is -0.885. The smallest absolute Gasteiger partial charge is 0.282 e. The Kier molecular flexibility index (Phi) is 3.74. The second kappa shape index (κ2) is 5.47. The predicted octanol–water partition coefficient (Wildman–Crippen LogP) is 1.07. The fraction of sp³-hybridized carbons (Fsp3) is 0.0833. The van der Waals surface area contributed by atoms with Gasteiger partial charge in [-0.1, -0.05) is 0 Å². The summed E-state index contributed by atoms with van der Waals surface area (Å²) in [5.41, 5.74) is 4.62. The maximum atomic E-state index is 12.9. The number of amides is 2. The van der Waals surface area contributed by atoms with E-state index in [9.17, 15) is 18.4 Å². The van der Waals surface area contributed by atoms with Crippen LogP contribution in [0.4, 0.5) is 8.78 Å². The quantitative estimate of drug-likeness (QED) is 0.719. The predicted molar refractivity (Wildman–Crippen MR) is 64.6 cm³/mol. The molecule has 0 unspecified atom stereocenters. The number of hydrogen-bond donors (Lipinski definition) is 3. The minimum absolute atomic E-state index is 0.0771. The summed E-state index contributed by atoms with van der Waals surface area (Å²) in [6.07, 6.45) is 0. The molecule has 1 aromatic heterocycles. The molecule has 2 amide bonds. The Bertz CT molecular complexity index is 649. The first-order valence-electron chi connectivity index (χ1n) is 5.54. The standard InChI is InChI=1S/C12H10F2N4O2/c1-6-2-10(16-15-6)12(20)18-17-11(19)7-3-8(13)5-9(14)4-7/h2-5H,1H3,(H,15,16)(H,17,19)(H,18,20). The molecule has 0 fully saturated rings. The number of aromatic amines is 1. The Labute approximate surface area is 112 Å². The van der Waals surface area contributed by atoms with Gasteiger partial charge in [-0.2, -0.15) is 5.10 Å². The van der Waals surface area contributed by atoms with Crippen molar-refractivity contribution in [2.24, 2.45) is 0 Å². The van der Waals surface area contributed by atoms with Crippen LogP contribution in [0.1, 0.15) is 26.5 Å². The van der Waals surface area contributed by atoms with E-state index < -0.39 is 23.4 Å². The number of carbonyl (C=O) groups excluding carboxylic acids is 2. The van der Waals surface area contributed by atoms with E-state index in [-0.39, 0.29) is 11.3 Å². The Balaban J connectivity index is 2.00. The van der Waals surface area contributed by atoms with Crippen LogP contribution >= 0.6 is 0 Å². The van der Waals surface area contributed by atoms with Crippen LogP contribution in [0.5, 0.6) is 0 Å². The molecule has 0 saturated carbocycles. The molecule has 0 aliphatic heterocycles. The summed E-state index contributed by atoms with van der Waals surface area (Å²) in [5.74, 6) is -3.27. The van der Waals surface area contributed by atoms with Crippen LogP contribution in [0.2, 0.25) is 0 Å². The molecule has 2 rings (SSSR count). The highest BCUT2D eigenvalue weighted by atomic mass is 19.1. The van der Waals surface area contributed by atoms with E-state index in [0.29, 0.717) is 11.8 Å². The molecule has 0 atom stereocenters. The first-order chi connectivity index (χ1) is 9.45. The van der Waals surface area contributed by atoms with E-state index >= 15 is 0 Å². The summed E-state index contributed by atoms with van der Waals surface area (Å²) in [4.78, 5) is 23.2. The number of aryl methyl sites for hydroxylation is 1. The van der Waals surface area contributed by atoms with E-state index in [1.54, 1.807) is 6.92 Å². The van der Waals surface area contributed by atoms with Crippen molar-refractivity contribution in [2.75, 3.05) is 0 Å². The summed E-state index contributed by atoms with van der Waals surface area (Å²) < 4.78 is 25.9. The van der Waals surface area contributed by atoms with Crippen LogP contribution in [-0.2, 0) is 0 Å². The Morgan fingerprint density at radius 2 is 1.65 bits per heavy atom. The van der Waals surface area contributed by atoms with Gasteiger partial charge in [-0.25, -0.2) is 8.78 Å². The van der Waals surface area contributed by atoms with Gasteiger partial charge < -0.3 is 0 Å². The zero-order chi connectivity index (χ0) is 14.7. The van der Waals surface area contributed by atoms with Gasteiger partial charge in [0, 0.05) is 17.3 Å². The molecule has 1 heterocycles. The average molecular weight is 280 g/mol. The summed E-state index contributed by atoms with van der Waals surface area (Å²) in [5, 5.41) is 6.25. The van der Waals surface area contributed by atoms with Crippen LogP contribution in [-0.4, -0.2) is 22.0 Å². The van der Waals surface area contributed by atoms with Gasteiger partial charge in [0.15, 0.2) is 5.69 Å². The summed E-state index contributed by atoms with van der Waals surface area (Å²) in [6.45, 7) is 1.71. The molecule has 0 bridgehead atoms. The number of hydrazine groups is 1. The lowest BCUT2D eigenvalue weighted by atomic mass is 10.2. The highest BCUT2D eigenvalue weighted by Gasteiger charge is 2.12. The number of H-pyrrole nitrogens is 1. The molecule has 0 radical (unpaired) electrons. The van der Waals surface area contributed by atoms with Crippen molar-refractivity contribution in [1.29, 1.82) is 0 Å². The molecule has 3 N–H and O–H groups in total. The molecule has 1 aromatic carbocycles. The molecule has 8 heteroatoms. The summed E-state index contributed by atoms with van der Waals surface area (Å²) in [6, 6.07) is 3.82. The zero-order valence-electron chi connectivity index (χ0n) is 10.3. The molecule has 0 aliphatic rings. The second-order valence-corrected chi connectivity index (χ2v) is 4.00. The van der Waals surface area contributed by atoms with Crippen LogP contribution in [0, 0.1) is 18.6 Å². The van der Waals surface area contributed by atoms with Gasteiger partial charge in [0.05, 0.1) is 0 Å². The number of aromatic nitrogens is 2. The lowest BCUT2D eigenvalue weighted by Crippen LogP contribution is -2.41. The van der Waals surface area contributed by atoms with Gasteiger partial charge in [0.1, 0.15) is 11.6 Å². The third-order valence-electron chi connectivity index (χ3n) is 2.35. The molecule has 2 aromatic rings. The van der Waals surface area contributed by atoms with Crippen molar-refractivity contribution in [3.63, 3.8) is 0 Å². The van der Waals surface area contributed by atoms with E-state index in [4.69, 9.17) is 0 Å². The van der Waals surface area contributed by atoms with Gasteiger partial charge in [-0.3, -0.25) is 25.5 Å². The maximum absolute atomic E-state index is 12.9.